The number of furan rings is 1. The fraction of sp³-hybridized carbons (Fsp3) is 0. The molecule has 0 bridgehead atoms. The lowest BCUT2D eigenvalue weighted by Crippen LogP contribution is -1.88. The molecule has 1 aromatic carbocycles. The van der Waals surface area contributed by atoms with Gasteiger partial charge in [0.1, 0.15) is 17.3 Å². The van der Waals surface area contributed by atoms with Crippen LogP contribution in [0.4, 0.5) is 8.78 Å². The average molecular weight is 296 g/mol. The van der Waals surface area contributed by atoms with E-state index in [1.54, 1.807) is 18.6 Å². The number of nitrogens with one attached hydrogen (secondary N) is 1. The molecule has 3 aromatic heterocycles. The SMILES string of the molecule is Fc1ccc(F)c(-c2cnc3[nH]cc(-c4ccoc4)c3c2)c1. The Morgan fingerprint density at radius 2 is 1.91 bits per heavy atom. The Labute approximate surface area is 124 Å². The summed E-state index contributed by atoms with van der Waals surface area (Å²) in [5, 5.41) is 0.822. The van der Waals surface area contributed by atoms with Crippen molar-refractivity contribution in [3.8, 4) is 22.3 Å². The summed E-state index contributed by atoms with van der Waals surface area (Å²) in [6, 6.07) is 7.00. The van der Waals surface area contributed by atoms with E-state index in [2.05, 4.69) is 9.97 Å². The molecule has 108 valence electrons. The Morgan fingerprint density at radius 1 is 1.00 bits per heavy atom. The molecule has 0 amide bonds. The van der Waals surface area contributed by atoms with Gasteiger partial charge >= 0.3 is 0 Å². The van der Waals surface area contributed by atoms with E-state index in [1.165, 1.54) is 12.3 Å². The summed E-state index contributed by atoms with van der Waals surface area (Å²) in [5.74, 6) is -0.969. The summed E-state index contributed by atoms with van der Waals surface area (Å²) in [6.45, 7) is 0. The topological polar surface area (TPSA) is 41.8 Å². The molecule has 1 N–H and O–H groups in total. The highest BCUT2D eigenvalue weighted by atomic mass is 19.1. The number of aromatic amines is 1. The highest BCUT2D eigenvalue weighted by Gasteiger charge is 2.12. The van der Waals surface area contributed by atoms with Gasteiger partial charge in [0.2, 0.25) is 0 Å². The summed E-state index contributed by atoms with van der Waals surface area (Å²) < 4.78 is 32.4. The highest BCUT2D eigenvalue weighted by molar-refractivity contribution is 5.95. The van der Waals surface area contributed by atoms with Crippen LogP contribution in [0.25, 0.3) is 33.3 Å². The first-order valence-corrected chi connectivity index (χ1v) is 6.67. The van der Waals surface area contributed by atoms with Gasteiger partial charge in [-0.15, -0.1) is 0 Å². The van der Waals surface area contributed by atoms with Crippen molar-refractivity contribution in [2.24, 2.45) is 0 Å². The van der Waals surface area contributed by atoms with Crippen LogP contribution >= 0.6 is 0 Å². The fourth-order valence-electron chi connectivity index (χ4n) is 2.53. The predicted octanol–water partition coefficient (Wildman–Crippen LogP) is 4.77. The monoisotopic (exact) mass is 296 g/mol. The first kappa shape index (κ1) is 12.8. The maximum atomic E-state index is 13.9. The van der Waals surface area contributed by atoms with Crippen molar-refractivity contribution >= 4 is 11.0 Å². The molecule has 0 saturated carbocycles. The minimum absolute atomic E-state index is 0.189. The zero-order valence-corrected chi connectivity index (χ0v) is 11.3. The van der Waals surface area contributed by atoms with Crippen LogP contribution < -0.4 is 0 Å². The number of aromatic nitrogens is 2. The number of hydrogen-bond donors (Lipinski definition) is 1. The molecule has 0 spiro atoms. The maximum Gasteiger partial charge on any atom is 0.137 e. The fourth-order valence-corrected chi connectivity index (χ4v) is 2.53. The van der Waals surface area contributed by atoms with Crippen LogP contribution in [0.2, 0.25) is 0 Å². The van der Waals surface area contributed by atoms with Crippen LogP contribution in [0.5, 0.6) is 0 Å². The molecule has 4 rings (SSSR count). The lowest BCUT2D eigenvalue weighted by molar-refractivity contribution is 0.568. The van der Waals surface area contributed by atoms with E-state index in [9.17, 15) is 8.78 Å². The van der Waals surface area contributed by atoms with Crippen LogP contribution in [-0.4, -0.2) is 9.97 Å². The third kappa shape index (κ3) is 1.98. The van der Waals surface area contributed by atoms with Crippen LogP contribution in [0.3, 0.4) is 0 Å². The molecule has 0 aliphatic rings. The van der Waals surface area contributed by atoms with E-state index < -0.39 is 11.6 Å². The van der Waals surface area contributed by atoms with Crippen LogP contribution in [0, 0.1) is 11.6 Å². The first-order chi connectivity index (χ1) is 10.7. The summed E-state index contributed by atoms with van der Waals surface area (Å²) >= 11 is 0. The predicted molar refractivity (Wildman–Crippen MR) is 79.1 cm³/mol. The molecule has 4 aromatic rings. The van der Waals surface area contributed by atoms with E-state index >= 15 is 0 Å². The Morgan fingerprint density at radius 3 is 2.73 bits per heavy atom. The normalized spacial score (nSPS) is 11.2. The molecule has 0 unspecified atom stereocenters. The first-order valence-electron chi connectivity index (χ1n) is 6.67. The minimum atomic E-state index is -0.486. The van der Waals surface area contributed by atoms with Crippen molar-refractivity contribution in [3.63, 3.8) is 0 Å². The zero-order valence-electron chi connectivity index (χ0n) is 11.3. The Bertz CT molecular complexity index is 958. The van der Waals surface area contributed by atoms with Crippen molar-refractivity contribution in [2.75, 3.05) is 0 Å². The maximum absolute atomic E-state index is 13.9. The Kier molecular flexibility index (Phi) is 2.79. The quantitative estimate of drug-likeness (QED) is 0.579. The molecule has 5 heteroatoms. The van der Waals surface area contributed by atoms with Crippen molar-refractivity contribution in [1.82, 2.24) is 9.97 Å². The zero-order chi connectivity index (χ0) is 15.1. The minimum Gasteiger partial charge on any atom is -0.472 e. The van der Waals surface area contributed by atoms with Gasteiger partial charge in [-0.2, -0.15) is 0 Å². The van der Waals surface area contributed by atoms with Gasteiger partial charge in [-0.1, -0.05) is 0 Å². The smallest absolute Gasteiger partial charge is 0.137 e. The van der Waals surface area contributed by atoms with Gasteiger partial charge in [-0.25, -0.2) is 13.8 Å². The van der Waals surface area contributed by atoms with E-state index in [0.29, 0.717) is 11.2 Å². The third-order valence-corrected chi connectivity index (χ3v) is 3.60. The molecule has 0 atom stereocenters. The Hall–Kier alpha value is -2.95. The van der Waals surface area contributed by atoms with Crippen LogP contribution in [0.15, 0.2) is 59.7 Å². The second-order valence-electron chi connectivity index (χ2n) is 4.96. The summed E-state index contributed by atoms with van der Waals surface area (Å²) in [6.07, 6.45) is 6.54. The molecule has 0 saturated heterocycles. The molecule has 0 fully saturated rings. The largest absolute Gasteiger partial charge is 0.472 e. The van der Waals surface area contributed by atoms with Crippen molar-refractivity contribution in [1.29, 1.82) is 0 Å². The van der Waals surface area contributed by atoms with E-state index in [-0.39, 0.29) is 5.56 Å². The number of fused-ring (bicyclic) bond motifs is 1. The molecule has 0 aliphatic heterocycles. The highest BCUT2D eigenvalue weighted by Crippen LogP contribution is 2.32. The summed E-state index contributed by atoms with van der Waals surface area (Å²) in [4.78, 5) is 7.34. The molecular weight excluding hydrogens is 286 g/mol. The molecular formula is C17H10F2N2O. The molecule has 3 nitrogen and oxygen atoms in total. The number of hydrogen-bond acceptors (Lipinski definition) is 2. The summed E-state index contributed by atoms with van der Waals surface area (Å²) in [5.41, 5.74) is 3.18. The van der Waals surface area contributed by atoms with Crippen LogP contribution in [0.1, 0.15) is 0 Å². The summed E-state index contributed by atoms with van der Waals surface area (Å²) in [7, 11) is 0. The average Bonchev–Trinajstić information content (AvgIpc) is 3.17. The van der Waals surface area contributed by atoms with Crippen molar-refractivity contribution in [2.45, 2.75) is 0 Å². The van der Waals surface area contributed by atoms with Gasteiger partial charge < -0.3 is 9.40 Å². The molecule has 0 aliphatic carbocycles. The van der Waals surface area contributed by atoms with Gasteiger partial charge in [0.05, 0.1) is 12.5 Å². The van der Waals surface area contributed by atoms with Crippen molar-refractivity contribution in [3.05, 3.63) is 66.9 Å². The molecule has 22 heavy (non-hydrogen) atoms. The van der Waals surface area contributed by atoms with Gasteiger partial charge in [-0.05, 0) is 30.3 Å². The van der Waals surface area contributed by atoms with E-state index in [0.717, 1.165) is 28.6 Å². The molecule has 3 heterocycles. The number of benzene rings is 1. The Balaban J connectivity index is 1.93. The number of nitrogens with zero attached hydrogens (tertiary/aromatic N) is 1. The number of halogens is 2. The second kappa shape index (κ2) is 4.80. The van der Waals surface area contributed by atoms with E-state index in [4.69, 9.17) is 4.42 Å². The lowest BCUT2D eigenvalue weighted by Gasteiger charge is -2.04. The number of H-pyrrole nitrogens is 1. The van der Waals surface area contributed by atoms with Crippen molar-refractivity contribution < 1.29 is 13.2 Å². The van der Waals surface area contributed by atoms with Gasteiger partial charge in [0, 0.05) is 40.0 Å². The van der Waals surface area contributed by atoms with E-state index in [1.807, 2.05) is 12.3 Å². The van der Waals surface area contributed by atoms with Gasteiger partial charge in [0.25, 0.3) is 0 Å². The van der Waals surface area contributed by atoms with Gasteiger partial charge in [-0.3, -0.25) is 0 Å². The second-order valence-corrected chi connectivity index (χ2v) is 4.96. The van der Waals surface area contributed by atoms with Gasteiger partial charge in [0.15, 0.2) is 0 Å². The number of pyridine rings is 1. The standard InChI is InChI=1S/C17H10F2N2O/c18-12-1-2-16(19)13(6-12)11-5-14-15(10-3-4-22-9-10)8-21-17(14)20-7-11/h1-9H,(H,20,21). The molecule has 0 radical (unpaired) electrons. The van der Waals surface area contributed by atoms with Crippen LogP contribution in [-0.2, 0) is 0 Å². The number of rotatable bonds is 2. The lowest BCUT2D eigenvalue weighted by atomic mass is 10.0. The third-order valence-electron chi connectivity index (χ3n) is 3.60.